The predicted molar refractivity (Wildman–Crippen MR) is 119 cm³/mol. The number of para-hydroxylation sites is 2. The average Bonchev–Trinajstić information content (AvgIpc) is 2.76. The highest BCUT2D eigenvalue weighted by molar-refractivity contribution is 5.96. The van der Waals surface area contributed by atoms with Crippen LogP contribution in [0.3, 0.4) is 0 Å². The van der Waals surface area contributed by atoms with E-state index in [1.54, 1.807) is 30.3 Å². The predicted octanol–water partition coefficient (Wildman–Crippen LogP) is 5.27. The molecule has 3 aromatic rings. The molecule has 6 nitrogen and oxygen atoms in total. The first-order valence-electron chi connectivity index (χ1n) is 9.97. The zero-order valence-electron chi connectivity index (χ0n) is 17.8. The minimum atomic E-state index is -0.248. The largest absolute Gasteiger partial charge is 0.496 e. The summed E-state index contributed by atoms with van der Waals surface area (Å²) in [5.41, 5.74) is 1.71. The number of amides is 1. The van der Waals surface area contributed by atoms with E-state index in [2.05, 4.69) is 5.32 Å². The third kappa shape index (κ3) is 5.85. The van der Waals surface area contributed by atoms with Crippen molar-refractivity contribution in [3.05, 3.63) is 77.9 Å². The molecule has 31 heavy (non-hydrogen) atoms. The maximum absolute atomic E-state index is 12.7. The lowest BCUT2D eigenvalue weighted by Gasteiger charge is -2.14. The van der Waals surface area contributed by atoms with Gasteiger partial charge in [0.25, 0.3) is 0 Å². The van der Waals surface area contributed by atoms with Crippen molar-refractivity contribution in [1.29, 1.82) is 0 Å². The van der Waals surface area contributed by atoms with Crippen molar-refractivity contribution in [3.63, 3.8) is 0 Å². The number of hydrogen-bond acceptors (Lipinski definition) is 5. The number of rotatable bonds is 9. The van der Waals surface area contributed by atoms with Crippen LogP contribution in [0.1, 0.15) is 29.8 Å². The summed E-state index contributed by atoms with van der Waals surface area (Å²) in [7, 11) is 1.53. The standard InChI is InChI=1S/C25H25NO5/c1-4-30-20-10-12-21(13-11-20)31-24-8-6-5-7-22(24)26-25(28)16-19-15-18(17(2)27)9-14-23(19)29-3/h5-15H,4,16H2,1-3H3,(H,26,28). The molecule has 0 saturated carbocycles. The Hall–Kier alpha value is -3.80. The summed E-state index contributed by atoms with van der Waals surface area (Å²) in [6, 6.07) is 19.5. The zero-order valence-corrected chi connectivity index (χ0v) is 17.8. The Kier molecular flexibility index (Phi) is 7.27. The summed E-state index contributed by atoms with van der Waals surface area (Å²) in [5, 5.41) is 2.88. The molecule has 3 rings (SSSR count). The molecule has 0 aliphatic heterocycles. The van der Waals surface area contributed by atoms with Crippen LogP contribution in [0.2, 0.25) is 0 Å². The van der Waals surface area contributed by atoms with E-state index in [9.17, 15) is 9.59 Å². The molecular weight excluding hydrogens is 394 g/mol. The Morgan fingerprint density at radius 1 is 0.903 bits per heavy atom. The summed E-state index contributed by atoms with van der Waals surface area (Å²) in [6.45, 7) is 4.00. The SMILES string of the molecule is CCOc1ccc(Oc2ccccc2NC(=O)Cc2cc(C(C)=O)ccc2OC)cc1. The van der Waals surface area contributed by atoms with Gasteiger partial charge >= 0.3 is 0 Å². The van der Waals surface area contributed by atoms with Gasteiger partial charge in [-0.1, -0.05) is 12.1 Å². The second-order valence-corrected chi connectivity index (χ2v) is 6.81. The minimum Gasteiger partial charge on any atom is -0.496 e. The summed E-state index contributed by atoms with van der Waals surface area (Å²) in [5.74, 6) is 2.14. The highest BCUT2D eigenvalue weighted by Gasteiger charge is 2.14. The van der Waals surface area contributed by atoms with Crippen LogP contribution in [0.4, 0.5) is 5.69 Å². The monoisotopic (exact) mass is 419 g/mol. The quantitative estimate of drug-likeness (QED) is 0.478. The highest BCUT2D eigenvalue weighted by atomic mass is 16.5. The van der Waals surface area contributed by atoms with Crippen molar-refractivity contribution in [2.45, 2.75) is 20.3 Å². The van der Waals surface area contributed by atoms with Crippen molar-refractivity contribution in [2.24, 2.45) is 0 Å². The maximum atomic E-state index is 12.7. The second-order valence-electron chi connectivity index (χ2n) is 6.81. The van der Waals surface area contributed by atoms with Gasteiger partial charge in [-0.15, -0.1) is 0 Å². The van der Waals surface area contributed by atoms with E-state index in [1.165, 1.54) is 14.0 Å². The van der Waals surface area contributed by atoms with Gasteiger partial charge in [-0.3, -0.25) is 9.59 Å². The fraction of sp³-hybridized carbons (Fsp3) is 0.200. The molecule has 0 saturated heterocycles. The first-order chi connectivity index (χ1) is 15.0. The van der Waals surface area contributed by atoms with Gasteiger partial charge in [0.1, 0.15) is 17.2 Å². The summed E-state index contributed by atoms with van der Waals surface area (Å²) in [6.07, 6.45) is 0.0572. The van der Waals surface area contributed by atoms with E-state index in [1.807, 2.05) is 43.3 Å². The van der Waals surface area contributed by atoms with Crippen LogP contribution in [0.25, 0.3) is 0 Å². The molecule has 0 radical (unpaired) electrons. The van der Waals surface area contributed by atoms with Gasteiger partial charge < -0.3 is 19.5 Å². The van der Waals surface area contributed by atoms with Crippen LogP contribution in [0.15, 0.2) is 66.7 Å². The van der Waals surface area contributed by atoms with Gasteiger partial charge in [-0.25, -0.2) is 0 Å². The van der Waals surface area contributed by atoms with E-state index in [-0.39, 0.29) is 18.1 Å². The molecule has 6 heteroatoms. The molecule has 0 heterocycles. The lowest BCUT2D eigenvalue weighted by Crippen LogP contribution is -2.15. The van der Waals surface area contributed by atoms with E-state index in [0.29, 0.717) is 40.7 Å². The normalized spacial score (nSPS) is 10.3. The van der Waals surface area contributed by atoms with E-state index in [4.69, 9.17) is 14.2 Å². The fourth-order valence-corrected chi connectivity index (χ4v) is 3.06. The Balaban J connectivity index is 1.74. The van der Waals surface area contributed by atoms with Crippen molar-refractivity contribution in [2.75, 3.05) is 19.0 Å². The third-order valence-corrected chi connectivity index (χ3v) is 4.56. The van der Waals surface area contributed by atoms with Crippen LogP contribution >= 0.6 is 0 Å². The van der Waals surface area contributed by atoms with Crippen LogP contribution in [-0.4, -0.2) is 25.4 Å². The number of carbonyl (C=O) groups is 2. The third-order valence-electron chi connectivity index (χ3n) is 4.56. The molecule has 0 spiro atoms. The number of Topliss-reactive ketones (excluding diaryl/α,β-unsaturated/α-hetero) is 1. The smallest absolute Gasteiger partial charge is 0.229 e. The number of hydrogen-bond donors (Lipinski definition) is 1. The number of benzene rings is 3. The number of anilines is 1. The van der Waals surface area contributed by atoms with Crippen molar-refractivity contribution in [3.8, 4) is 23.0 Å². The number of methoxy groups -OCH3 is 1. The van der Waals surface area contributed by atoms with Crippen LogP contribution in [0.5, 0.6) is 23.0 Å². The van der Waals surface area contributed by atoms with Gasteiger partial charge in [-0.2, -0.15) is 0 Å². The van der Waals surface area contributed by atoms with Gasteiger partial charge in [0.05, 0.1) is 25.8 Å². The first kappa shape index (κ1) is 21.9. The number of carbonyl (C=O) groups excluding carboxylic acids is 2. The Labute approximate surface area is 181 Å². The molecule has 0 fully saturated rings. The highest BCUT2D eigenvalue weighted by Crippen LogP contribution is 2.30. The van der Waals surface area contributed by atoms with Crippen molar-refractivity contribution in [1.82, 2.24) is 0 Å². The molecule has 0 bridgehead atoms. The van der Waals surface area contributed by atoms with Crippen LogP contribution in [0, 0.1) is 0 Å². The molecular formula is C25H25NO5. The number of ether oxygens (including phenoxy) is 3. The molecule has 160 valence electrons. The minimum absolute atomic E-state index is 0.0572. The van der Waals surface area contributed by atoms with Gasteiger partial charge in [0.2, 0.25) is 5.91 Å². The summed E-state index contributed by atoms with van der Waals surface area (Å²) >= 11 is 0. The van der Waals surface area contributed by atoms with Crippen molar-refractivity contribution < 1.29 is 23.8 Å². The lowest BCUT2D eigenvalue weighted by molar-refractivity contribution is -0.115. The van der Waals surface area contributed by atoms with Crippen LogP contribution in [-0.2, 0) is 11.2 Å². The summed E-state index contributed by atoms with van der Waals surface area (Å²) in [4.78, 5) is 24.4. The van der Waals surface area contributed by atoms with Gasteiger partial charge in [0.15, 0.2) is 11.5 Å². The first-order valence-corrected chi connectivity index (χ1v) is 9.97. The van der Waals surface area contributed by atoms with Gasteiger partial charge in [0, 0.05) is 11.1 Å². The summed E-state index contributed by atoms with van der Waals surface area (Å²) < 4.78 is 16.7. The molecule has 3 aromatic carbocycles. The Morgan fingerprint density at radius 2 is 1.61 bits per heavy atom. The fourth-order valence-electron chi connectivity index (χ4n) is 3.06. The second kappa shape index (κ2) is 10.3. The molecule has 0 unspecified atom stereocenters. The van der Waals surface area contributed by atoms with E-state index >= 15 is 0 Å². The average molecular weight is 419 g/mol. The molecule has 1 amide bonds. The maximum Gasteiger partial charge on any atom is 0.229 e. The number of ketones is 1. The Bertz CT molecular complexity index is 1060. The van der Waals surface area contributed by atoms with Crippen LogP contribution < -0.4 is 19.5 Å². The van der Waals surface area contributed by atoms with Crippen molar-refractivity contribution >= 4 is 17.4 Å². The van der Waals surface area contributed by atoms with E-state index in [0.717, 1.165) is 5.75 Å². The Morgan fingerprint density at radius 3 is 2.29 bits per heavy atom. The molecule has 1 N–H and O–H groups in total. The van der Waals surface area contributed by atoms with E-state index < -0.39 is 0 Å². The zero-order chi connectivity index (χ0) is 22.2. The molecule has 0 aliphatic rings. The molecule has 0 aromatic heterocycles. The van der Waals surface area contributed by atoms with Gasteiger partial charge in [-0.05, 0) is 68.4 Å². The topological polar surface area (TPSA) is 73.9 Å². The lowest BCUT2D eigenvalue weighted by atomic mass is 10.0. The molecule has 0 aliphatic carbocycles. The molecule has 0 atom stereocenters. The number of nitrogens with one attached hydrogen (secondary N) is 1.